The Balaban J connectivity index is 4.33. The molecule has 0 aromatic rings. The molecule has 2 nitrogen and oxygen atoms in total. The molecule has 0 unspecified atom stereocenters. The van der Waals surface area contributed by atoms with Gasteiger partial charge in [-0.05, 0) is 25.6 Å². The highest BCUT2D eigenvalue weighted by atomic mass is 14.8. The van der Waals surface area contributed by atoms with Gasteiger partial charge in [-0.25, -0.2) is 0 Å². The van der Waals surface area contributed by atoms with Crippen molar-refractivity contribution in [1.82, 2.24) is 5.32 Å². The minimum absolute atomic E-state index is 0.590. The Morgan fingerprint density at radius 3 is 2.30 bits per heavy atom. The molecule has 0 fully saturated rings. The van der Waals surface area contributed by atoms with E-state index in [-0.39, 0.29) is 0 Å². The molecule has 3 N–H and O–H groups in total. The topological polar surface area (TPSA) is 38.0 Å². The number of hydrogen-bond acceptors (Lipinski definition) is 2. The monoisotopic (exact) mass is 138 g/mol. The average Bonchev–Trinajstić information content (AvgIpc) is 1.87. The third-order valence-corrected chi connectivity index (χ3v) is 1.36. The van der Waals surface area contributed by atoms with Crippen LogP contribution in [0.3, 0.4) is 0 Å². The van der Waals surface area contributed by atoms with E-state index in [9.17, 15) is 0 Å². The lowest BCUT2D eigenvalue weighted by Gasteiger charge is -2.05. The molecule has 0 aliphatic heterocycles. The molecule has 0 aliphatic carbocycles. The maximum absolute atomic E-state index is 5.44. The summed E-state index contributed by atoms with van der Waals surface area (Å²) in [4.78, 5) is 0. The van der Waals surface area contributed by atoms with E-state index in [0.29, 0.717) is 5.70 Å². The summed E-state index contributed by atoms with van der Waals surface area (Å²) in [6, 6.07) is 0. The fraction of sp³-hybridized carbons (Fsp3) is 0.250. The molecule has 10 heavy (non-hydrogen) atoms. The van der Waals surface area contributed by atoms with E-state index >= 15 is 0 Å². The Labute approximate surface area is 62.1 Å². The molecule has 0 heterocycles. The molecule has 0 bridgehead atoms. The van der Waals surface area contributed by atoms with E-state index in [2.05, 4.69) is 18.5 Å². The lowest BCUT2D eigenvalue weighted by molar-refractivity contribution is 1.02. The van der Waals surface area contributed by atoms with E-state index in [1.165, 1.54) is 0 Å². The number of allylic oxidation sites excluding steroid dienone is 2. The number of hydrogen-bond donors (Lipinski definition) is 2. The summed E-state index contributed by atoms with van der Waals surface area (Å²) < 4.78 is 0. The summed E-state index contributed by atoms with van der Waals surface area (Å²) >= 11 is 0. The van der Waals surface area contributed by atoms with Gasteiger partial charge in [-0.15, -0.1) is 0 Å². The third kappa shape index (κ3) is 2.40. The highest BCUT2D eigenvalue weighted by Crippen LogP contribution is 2.04. The van der Waals surface area contributed by atoms with Crippen LogP contribution in [-0.2, 0) is 0 Å². The first-order chi connectivity index (χ1) is 4.59. The molecule has 0 aliphatic rings. The van der Waals surface area contributed by atoms with Crippen molar-refractivity contribution in [2.45, 2.75) is 13.8 Å². The smallest absolute Gasteiger partial charge is 0.0288 e. The molecule has 56 valence electrons. The van der Waals surface area contributed by atoms with Crippen molar-refractivity contribution in [2.24, 2.45) is 5.73 Å². The van der Waals surface area contributed by atoms with Gasteiger partial charge in [0.1, 0.15) is 0 Å². The van der Waals surface area contributed by atoms with Crippen LogP contribution in [0.25, 0.3) is 0 Å². The van der Waals surface area contributed by atoms with E-state index < -0.39 is 0 Å². The van der Waals surface area contributed by atoms with Crippen molar-refractivity contribution < 1.29 is 0 Å². The standard InChI is InChI=1S/C8H14N2/c1-5-10-8(4)6(2)7(3)9/h5,10H,1,3,9H2,2,4H3/b8-6+. The predicted octanol–water partition coefficient (Wildman–Crippen LogP) is 1.49. The van der Waals surface area contributed by atoms with Gasteiger partial charge in [-0.1, -0.05) is 13.2 Å². The van der Waals surface area contributed by atoms with Crippen molar-refractivity contribution >= 4 is 0 Å². The normalized spacial score (nSPS) is 11.8. The molecule has 0 amide bonds. The van der Waals surface area contributed by atoms with Crippen molar-refractivity contribution in [2.75, 3.05) is 0 Å². The van der Waals surface area contributed by atoms with Gasteiger partial charge in [0.25, 0.3) is 0 Å². The summed E-state index contributed by atoms with van der Waals surface area (Å²) in [5.74, 6) is 0. The molecule has 0 radical (unpaired) electrons. The molecule has 0 atom stereocenters. The second-order valence-electron chi connectivity index (χ2n) is 2.12. The van der Waals surface area contributed by atoms with Crippen molar-refractivity contribution in [1.29, 1.82) is 0 Å². The molecule has 0 saturated carbocycles. The SMILES string of the molecule is C=CN/C(C)=C(\C)C(=C)N. The van der Waals surface area contributed by atoms with Gasteiger partial charge in [0.2, 0.25) is 0 Å². The summed E-state index contributed by atoms with van der Waals surface area (Å²) in [5, 5.41) is 2.93. The van der Waals surface area contributed by atoms with Crippen LogP contribution in [0.15, 0.2) is 36.3 Å². The molecule has 0 aromatic carbocycles. The molecule has 0 spiro atoms. The van der Waals surface area contributed by atoms with Gasteiger partial charge in [0.05, 0.1) is 0 Å². The zero-order chi connectivity index (χ0) is 8.15. The fourth-order valence-corrected chi connectivity index (χ4v) is 0.502. The molecular formula is C8H14N2. The van der Waals surface area contributed by atoms with Crippen LogP contribution in [0.1, 0.15) is 13.8 Å². The molecule has 2 heteroatoms. The van der Waals surface area contributed by atoms with Gasteiger partial charge >= 0.3 is 0 Å². The first-order valence-corrected chi connectivity index (χ1v) is 3.09. The zero-order valence-electron chi connectivity index (χ0n) is 6.57. The van der Waals surface area contributed by atoms with Gasteiger partial charge < -0.3 is 11.1 Å². The number of nitrogens with one attached hydrogen (secondary N) is 1. The largest absolute Gasteiger partial charge is 0.399 e. The van der Waals surface area contributed by atoms with Gasteiger partial charge in [0.15, 0.2) is 0 Å². The summed E-state index contributed by atoms with van der Waals surface area (Å²) in [6.45, 7) is 11.0. The van der Waals surface area contributed by atoms with E-state index in [1.54, 1.807) is 6.20 Å². The average molecular weight is 138 g/mol. The van der Waals surface area contributed by atoms with Crippen molar-refractivity contribution in [3.63, 3.8) is 0 Å². The first kappa shape index (κ1) is 8.82. The Morgan fingerprint density at radius 1 is 1.50 bits per heavy atom. The predicted molar refractivity (Wildman–Crippen MR) is 45.0 cm³/mol. The van der Waals surface area contributed by atoms with Crippen LogP contribution >= 0.6 is 0 Å². The second-order valence-corrected chi connectivity index (χ2v) is 2.12. The highest BCUT2D eigenvalue weighted by Gasteiger charge is 1.93. The Kier molecular flexibility index (Phi) is 3.33. The maximum Gasteiger partial charge on any atom is 0.0288 e. The van der Waals surface area contributed by atoms with E-state index in [0.717, 1.165) is 11.3 Å². The van der Waals surface area contributed by atoms with Crippen molar-refractivity contribution in [3.8, 4) is 0 Å². The van der Waals surface area contributed by atoms with Crippen LogP contribution in [-0.4, -0.2) is 0 Å². The van der Waals surface area contributed by atoms with Crippen LogP contribution in [0.4, 0.5) is 0 Å². The summed E-state index contributed by atoms with van der Waals surface area (Å²) in [7, 11) is 0. The van der Waals surface area contributed by atoms with Crippen LogP contribution in [0.5, 0.6) is 0 Å². The second kappa shape index (κ2) is 3.77. The lowest BCUT2D eigenvalue weighted by atomic mass is 10.2. The van der Waals surface area contributed by atoms with Crippen LogP contribution in [0, 0.1) is 0 Å². The minimum Gasteiger partial charge on any atom is -0.399 e. The molecule has 0 rings (SSSR count). The lowest BCUT2D eigenvalue weighted by Crippen LogP contribution is -2.07. The highest BCUT2D eigenvalue weighted by molar-refractivity contribution is 5.27. The third-order valence-electron chi connectivity index (χ3n) is 1.36. The van der Waals surface area contributed by atoms with Gasteiger partial charge in [0, 0.05) is 11.4 Å². The molecule has 0 saturated heterocycles. The first-order valence-electron chi connectivity index (χ1n) is 3.09. The summed E-state index contributed by atoms with van der Waals surface area (Å²) in [5.41, 5.74) is 7.99. The Morgan fingerprint density at radius 2 is 2.00 bits per heavy atom. The summed E-state index contributed by atoms with van der Waals surface area (Å²) in [6.07, 6.45) is 1.61. The van der Waals surface area contributed by atoms with Crippen LogP contribution < -0.4 is 11.1 Å². The Hall–Kier alpha value is -1.18. The van der Waals surface area contributed by atoms with E-state index in [1.807, 2.05) is 13.8 Å². The van der Waals surface area contributed by atoms with Crippen LogP contribution in [0.2, 0.25) is 0 Å². The minimum atomic E-state index is 0.590. The van der Waals surface area contributed by atoms with Gasteiger partial charge in [-0.2, -0.15) is 0 Å². The van der Waals surface area contributed by atoms with Gasteiger partial charge in [-0.3, -0.25) is 0 Å². The van der Waals surface area contributed by atoms with E-state index in [4.69, 9.17) is 5.73 Å². The zero-order valence-corrected chi connectivity index (χ0v) is 6.57. The Bertz CT molecular complexity index is 178. The number of rotatable bonds is 3. The number of nitrogens with two attached hydrogens (primary N) is 1. The quantitative estimate of drug-likeness (QED) is 0.580. The molecular weight excluding hydrogens is 124 g/mol. The van der Waals surface area contributed by atoms with Crippen molar-refractivity contribution in [3.05, 3.63) is 36.3 Å². The maximum atomic E-state index is 5.44. The fourth-order valence-electron chi connectivity index (χ4n) is 0.502. The molecule has 0 aromatic heterocycles.